The standard InChI is InChI=1S/C14H21FN2/c1-3-4-5-8-17-14(10-16)13-9-12(15)7-6-11(13)2/h3-4,6-7,9,14,17H,5,8,10,16H2,1-2H3/b4-3+. The molecule has 0 aliphatic rings. The Balaban J connectivity index is 2.68. The van der Waals surface area contributed by atoms with Crippen molar-refractivity contribution in [3.63, 3.8) is 0 Å². The Bertz CT molecular complexity index is 374. The van der Waals surface area contributed by atoms with Crippen LogP contribution in [0.4, 0.5) is 4.39 Å². The third-order valence-corrected chi connectivity index (χ3v) is 2.79. The zero-order valence-corrected chi connectivity index (χ0v) is 10.5. The zero-order chi connectivity index (χ0) is 12.7. The molecule has 0 spiro atoms. The maximum absolute atomic E-state index is 13.2. The number of aryl methyl sites for hydroxylation is 1. The SMILES string of the molecule is C/C=C/CCNC(CN)c1cc(F)ccc1C. The molecule has 0 radical (unpaired) electrons. The summed E-state index contributed by atoms with van der Waals surface area (Å²) in [5.74, 6) is -0.209. The summed E-state index contributed by atoms with van der Waals surface area (Å²) in [6.45, 7) is 5.30. The van der Waals surface area contributed by atoms with Gasteiger partial charge in [-0.1, -0.05) is 18.2 Å². The minimum absolute atomic E-state index is 0.0240. The lowest BCUT2D eigenvalue weighted by Crippen LogP contribution is -2.29. The predicted octanol–water partition coefficient (Wildman–Crippen LogP) is 2.69. The number of benzene rings is 1. The van der Waals surface area contributed by atoms with Crippen LogP contribution in [0.1, 0.15) is 30.5 Å². The molecule has 0 aliphatic carbocycles. The molecular weight excluding hydrogens is 215 g/mol. The largest absolute Gasteiger partial charge is 0.329 e. The fraction of sp³-hybridized carbons (Fsp3) is 0.429. The van der Waals surface area contributed by atoms with Crippen LogP contribution in [0.5, 0.6) is 0 Å². The number of nitrogens with one attached hydrogen (secondary N) is 1. The number of allylic oxidation sites excluding steroid dienone is 1. The fourth-order valence-corrected chi connectivity index (χ4v) is 1.81. The quantitative estimate of drug-likeness (QED) is 0.588. The van der Waals surface area contributed by atoms with Crippen LogP contribution in [0, 0.1) is 12.7 Å². The van der Waals surface area contributed by atoms with Crippen LogP contribution in [-0.4, -0.2) is 13.1 Å². The molecule has 0 amide bonds. The molecule has 3 N–H and O–H groups in total. The summed E-state index contributed by atoms with van der Waals surface area (Å²) in [4.78, 5) is 0. The lowest BCUT2D eigenvalue weighted by Gasteiger charge is -2.19. The molecule has 0 heterocycles. The molecule has 94 valence electrons. The number of hydrogen-bond donors (Lipinski definition) is 2. The summed E-state index contributed by atoms with van der Waals surface area (Å²) in [6.07, 6.45) is 5.08. The number of halogens is 1. The minimum Gasteiger partial charge on any atom is -0.329 e. The molecule has 1 aromatic carbocycles. The smallest absolute Gasteiger partial charge is 0.123 e. The Morgan fingerprint density at radius 3 is 2.88 bits per heavy atom. The summed E-state index contributed by atoms with van der Waals surface area (Å²) in [7, 11) is 0. The van der Waals surface area contributed by atoms with Crippen LogP contribution in [0.25, 0.3) is 0 Å². The van der Waals surface area contributed by atoms with Gasteiger partial charge in [-0.3, -0.25) is 0 Å². The van der Waals surface area contributed by atoms with Gasteiger partial charge in [0.15, 0.2) is 0 Å². The van der Waals surface area contributed by atoms with E-state index in [2.05, 4.69) is 11.4 Å². The van der Waals surface area contributed by atoms with Gasteiger partial charge in [0.25, 0.3) is 0 Å². The fourth-order valence-electron chi connectivity index (χ4n) is 1.81. The second-order valence-electron chi connectivity index (χ2n) is 4.10. The Hall–Kier alpha value is -1.19. The van der Waals surface area contributed by atoms with Crippen molar-refractivity contribution in [2.75, 3.05) is 13.1 Å². The second kappa shape index (κ2) is 7.20. The van der Waals surface area contributed by atoms with Crippen LogP contribution < -0.4 is 11.1 Å². The summed E-state index contributed by atoms with van der Waals surface area (Å²) in [5.41, 5.74) is 7.76. The van der Waals surface area contributed by atoms with E-state index in [1.807, 2.05) is 19.9 Å². The Morgan fingerprint density at radius 2 is 2.24 bits per heavy atom. The third kappa shape index (κ3) is 4.29. The van der Waals surface area contributed by atoms with Crippen molar-refractivity contribution in [1.29, 1.82) is 0 Å². The Kier molecular flexibility index (Phi) is 5.87. The normalized spacial score (nSPS) is 13.2. The number of hydrogen-bond acceptors (Lipinski definition) is 2. The minimum atomic E-state index is -0.209. The first-order valence-corrected chi connectivity index (χ1v) is 5.99. The van der Waals surface area contributed by atoms with Crippen LogP contribution in [-0.2, 0) is 0 Å². The van der Waals surface area contributed by atoms with Gasteiger partial charge < -0.3 is 11.1 Å². The first kappa shape index (κ1) is 13.9. The van der Waals surface area contributed by atoms with Gasteiger partial charge in [-0.15, -0.1) is 0 Å². The summed E-state index contributed by atoms with van der Waals surface area (Å²) in [5, 5.41) is 3.35. The summed E-state index contributed by atoms with van der Waals surface area (Å²) >= 11 is 0. The first-order chi connectivity index (χ1) is 8.19. The van der Waals surface area contributed by atoms with Gasteiger partial charge in [-0.25, -0.2) is 4.39 Å². The highest BCUT2D eigenvalue weighted by molar-refractivity contribution is 5.29. The van der Waals surface area contributed by atoms with Gasteiger partial charge in [-0.05, 0) is 50.1 Å². The van der Waals surface area contributed by atoms with Crippen LogP contribution in [0.2, 0.25) is 0 Å². The molecule has 0 saturated heterocycles. The summed E-state index contributed by atoms with van der Waals surface area (Å²) < 4.78 is 13.2. The Labute approximate surface area is 103 Å². The van der Waals surface area contributed by atoms with Crippen LogP contribution >= 0.6 is 0 Å². The van der Waals surface area contributed by atoms with Crippen molar-refractivity contribution in [3.8, 4) is 0 Å². The van der Waals surface area contributed by atoms with E-state index in [1.165, 1.54) is 6.07 Å². The average molecular weight is 236 g/mol. The van der Waals surface area contributed by atoms with Gasteiger partial charge in [0, 0.05) is 12.6 Å². The molecular formula is C14H21FN2. The maximum atomic E-state index is 13.2. The van der Waals surface area contributed by atoms with Gasteiger partial charge in [-0.2, -0.15) is 0 Å². The highest BCUT2D eigenvalue weighted by Crippen LogP contribution is 2.18. The predicted molar refractivity (Wildman–Crippen MR) is 70.4 cm³/mol. The molecule has 0 fully saturated rings. The van der Waals surface area contributed by atoms with E-state index < -0.39 is 0 Å². The molecule has 0 aromatic heterocycles. The number of nitrogens with two attached hydrogens (primary N) is 1. The average Bonchev–Trinajstić information content (AvgIpc) is 2.33. The molecule has 1 unspecified atom stereocenters. The highest BCUT2D eigenvalue weighted by atomic mass is 19.1. The molecule has 1 rings (SSSR count). The number of rotatable bonds is 6. The Morgan fingerprint density at radius 1 is 1.47 bits per heavy atom. The van der Waals surface area contributed by atoms with Gasteiger partial charge >= 0.3 is 0 Å². The molecule has 2 nitrogen and oxygen atoms in total. The van der Waals surface area contributed by atoms with E-state index in [0.29, 0.717) is 6.54 Å². The molecule has 0 saturated carbocycles. The van der Waals surface area contributed by atoms with Crippen molar-refractivity contribution in [1.82, 2.24) is 5.32 Å². The first-order valence-electron chi connectivity index (χ1n) is 5.99. The molecule has 0 bridgehead atoms. The van der Waals surface area contributed by atoms with Crippen molar-refractivity contribution < 1.29 is 4.39 Å². The van der Waals surface area contributed by atoms with Crippen molar-refractivity contribution >= 4 is 0 Å². The van der Waals surface area contributed by atoms with E-state index in [9.17, 15) is 4.39 Å². The highest BCUT2D eigenvalue weighted by Gasteiger charge is 2.11. The van der Waals surface area contributed by atoms with E-state index in [1.54, 1.807) is 12.1 Å². The summed E-state index contributed by atoms with van der Waals surface area (Å²) in [6, 6.07) is 4.86. The second-order valence-corrected chi connectivity index (χ2v) is 4.10. The van der Waals surface area contributed by atoms with E-state index in [0.717, 1.165) is 24.1 Å². The van der Waals surface area contributed by atoms with E-state index in [4.69, 9.17) is 5.73 Å². The van der Waals surface area contributed by atoms with Crippen LogP contribution in [0.3, 0.4) is 0 Å². The molecule has 0 aliphatic heterocycles. The van der Waals surface area contributed by atoms with Crippen molar-refractivity contribution in [2.24, 2.45) is 5.73 Å². The zero-order valence-electron chi connectivity index (χ0n) is 10.5. The van der Waals surface area contributed by atoms with E-state index in [-0.39, 0.29) is 11.9 Å². The lowest BCUT2D eigenvalue weighted by atomic mass is 10.0. The monoisotopic (exact) mass is 236 g/mol. The molecule has 1 aromatic rings. The topological polar surface area (TPSA) is 38.0 Å². The van der Waals surface area contributed by atoms with Crippen LogP contribution in [0.15, 0.2) is 30.4 Å². The van der Waals surface area contributed by atoms with Crippen molar-refractivity contribution in [2.45, 2.75) is 26.3 Å². The molecule has 17 heavy (non-hydrogen) atoms. The van der Waals surface area contributed by atoms with Crippen molar-refractivity contribution in [3.05, 3.63) is 47.3 Å². The molecule has 1 atom stereocenters. The van der Waals surface area contributed by atoms with Gasteiger partial charge in [0.1, 0.15) is 5.82 Å². The van der Waals surface area contributed by atoms with Gasteiger partial charge in [0.2, 0.25) is 0 Å². The molecule has 3 heteroatoms. The maximum Gasteiger partial charge on any atom is 0.123 e. The van der Waals surface area contributed by atoms with Gasteiger partial charge in [0.05, 0.1) is 0 Å². The third-order valence-electron chi connectivity index (χ3n) is 2.79. The van der Waals surface area contributed by atoms with E-state index >= 15 is 0 Å². The lowest BCUT2D eigenvalue weighted by molar-refractivity contribution is 0.539.